The van der Waals surface area contributed by atoms with Gasteiger partial charge in [-0.2, -0.15) is 0 Å². The van der Waals surface area contributed by atoms with Crippen LogP contribution in [-0.2, 0) is 23.7 Å². The van der Waals surface area contributed by atoms with E-state index in [1.807, 2.05) is 30.3 Å². The van der Waals surface area contributed by atoms with Crippen molar-refractivity contribution >= 4 is 40.9 Å². The molecule has 4 aromatic rings. The van der Waals surface area contributed by atoms with E-state index < -0.39 is 65.6 Å². The van der Waals surface area contributed by atoms with Crippen molar-refractivity contribution in [2.45, 2.75) is 54.0 Å². The van der Waals surface area contributed by atoms with Crippen molar-refractivity contribution in [3.05, 3.63) is 99.9 Å². The largest absolute Gasteiger partial charge is 0.479 e. The van der Waals surface area contributed by atoms with Crippen molar-refractivity contribution in [3.8, 4) is 11.3 Å². The van der Waals surface area contributed by atoms with Crippen LogP contribution < -0.4 is 0 Å². The topological polar surface area (TPSA) is 105 Å². The quantitative estimate of drug-likeness (QED) is 0.203. The van der Waals surface area contributed by atoms with Gasteiger partial charge in [0.05, 0.1) is 22.8 Å². The van der Waals surface area contributed by atoms with Crippen LogP contribution in [0, 0.1) is 17.5 Å². The fourth-order valence-corrected chi connectivity index (χ4v) is 6.64. The lowest BCUT2D eigenvalue weighted by Gasteiger charge is -2.49. The van der Waals surface area contributed by atoms with E-state index in [4.69, 9.17) is 42.1 Å². The molecule has 2 aliphatic rings. The van der Waals surface area contributed by atoms with Crippen LogP contribution in [0.15, 0.2) is 71.8 Å². The zero-order valence-electron chi connectivity index (χ0n) is 23.2. The summed E-state index contributed by atoms with van der Waals surface area (Å²) >= 11 is 13.6. The number of halogens is 5. The van der Waals surface area contributed by atoms with Crippen molar-refractivity contribution in [1.29, 1.82) is 0 Å². The molecule has 2 fully saturated rings. The molecule has 3 heterocycles. The maximum absolute atomic E-state index is 14.1. The van der Waals surface area contributed by atoms with Crippen LogP contribution in [0.3, 0.4) is 0 Å². The fourth-order valence-electron chi connectivity index (χ4n) is 5.12. The monoisotopic (exact) mass is 681 g/mol. The molecule has 2 aliphatic heterocycles. The minimum Gasteiger partial charge on any atom is -0.479 e. The molecule has 1 aromatic heterocycles. The number of aliphatic carboxylic acids is 1. The summed E-state index contributed by atoms with van der Waals surface area (Å²) in [6.45, 7) is 1.47. The van der Waals surface area contributed by atoms with Crippen LogP contribution in [0.4, 0.5) is 13.2 Å². The standard InChI is InChI=1S/C30H24Cl2F3N3O6S/c1-14(28(39)40)42-27-25(38-12-22(36-37-38)16-9-20(33)24(35)21(34)10-16)26-23(13-41-29(44-26)15-5-3-2-4-6-15)43-30(27)45-17-7-8-18(31)19(32)11-17/h2-12,14,23,25-27,29-30H,13H2,1H3,(H,39,40)/t14?,23-,25+,26+,27-,29?,30-/m1/s1. The number of hydrogen-bond donors (Lipinski definition) is 1. The van der Waals surface area contributed by atoms with E-state index >= 15 is 0 Å². The Balaban J connectivity index is 1.42. The summed E-state index contributed by atoms with van der Waals surface area (Å²) in [6, 6.07) is 14.9. The first kappa shape index (κ1) is 31.8. The first-order chi connectivity index (χ1) is 21.6. The van der Waals surface area contributed by atoms with Crippen LogP contribution >= 0.6 is 35.0 Å². The van der Waals surface area contributed by atoms with Gasteiger partial charge in [-0.05, 0) is 37.3 Å². The Labute approximate surface area is 269 Å². The van der Waals surface area contributed by atoms with Crippen LogP contribution in [-0.4, -0.2) is 62.5 Å². The molecule has 2 saturated heterocycles. The molecule has 0 saturated carbocycles. The predicted molar refractivity (Wildman–Crippen MR) is 157 cm³/mol. The minimum atomic E-state index is -1.61. The number of carboxylic acids is 1. The van der Waals surface area contributed by atoms with E-state index in [2.05, 4.69) is 10.3 Å². The molecule has 9 nitrogen and oxygen atoms in total. The Morgan fingerprint density at radius 1 is 1.07 bits per heavy atom. The molecule has 0 radical (unpaired) electrons. The number of ether oxygens (including phenoxy) is 4. The van der Waals surface area contributed by atoms with Crippen molar-refractivity contribution < 1.29 is 42.0 Å². The van der Waals surface area contributed by atoms with Gasteiger partial charge < -0.3 is 24.1 Å². The van der Waals surface area contributed by atoms with Gasteiger partial charge in [0.25, 0.3) is 0 Å². The summed E-state index contributed by atoms with van der Waals surface area (Å²) in [5.41, 5.74) is -0.158. The number of carboxylic acid groups (broad SMARTS) is 1. The SMILES string of the molecule is CC(O[C@@H]1[C@@H](n2cc(-c3cc(F)c(F)c(F)c3)nn2)[C@H]2OC(c3ccccc3)OC[C@H]2O[C@@H]1Sc1ccc(Cl)c(Cl)c1)C(=O)O. The highest BCUT2D eigenvalue weighted by Gasteiger charge is 2.53. The highest BCUT2D eigenvalue weighted by molar-refractivity contribution is 7.99. The molecule has 7 atom stereocenters. The summed E-state index contributed by atoms with van der Waals surface area (Å²) in [7, 11) is 0. The van der Waals surface area contributed by atoms with Crippen LogP contribution in [0.1, 0.15) is 24.8 Å². The van der Waals surface area contributed by atoms with Gasteiger partial charge in [0.15, 0.2) is 29.8 Å². The maximum atomic E-state index is 14.1. The molecule has 6 rings (SSSR count). The van der Waals surface area contributed by atoms with Crippen LogP contribution in [0.25, 0.3) is 11.3 Å². The molecular weight excluding hydrogens is 658 g/mol. The Hall–Kier alpha value is -3.17. The summed E-state index contributed by atoms with van der Waals surface area (Å²) in [5.74, 6) is -5.61. The number of fused-ring (bicyclic) bond motifs is 1. The Morgan fingerprint density at radius 2 is 1.80 bits per heavy atom. The van der Waals surface area contributed by atoms with Gasteiger partial charge in [-0.25, -0.2) is 22.6 Å². The fraction of sp³-hybridized carbons (Fsp3) is 0.300. The second kappa shape index (κ2) is 13.3. The first-order valence-corrected chi connectivity index (χ1v) is 15.3. The van der Waals surface area contributed by atoms with Crippen molar-refractivity contribution in [3.63, 3.8) is 0 Å². The third-order valence-electron chi connectivity index (χ3n) is 7.33. The number of rotatable bonds is 8. The zero-order chi connectivity index (χ0) is 31.8. The van der Waals surface area contributed by atoms with Gasteiger partial charge in [-0.15, -0.1) is 5.10 Å². The Kier molecular flexibility index (Phi) is 9.39. The summed E-state index contributed by atoms with van der Waals surface area (Å²) in [4.78, 5) is 12.6. The minimum absolute atomic E-state index is 0.0289. The number of thioether (sulfide) groups is 1. The second-order valence-electron chi connectivity index (χ2n) is 10.3. The Morgan fingerprint density at radius 3 is 2.49 bits per heavy atom. The number of nitrogens with zero attached hydrogens (tertiary/aromatic N) is 3. The van der Waals surface area contributed by atoms with E-state index in [-0.39, 0.29) is 17.9 Å². The van der Waals surface area contributed by atoms with Crippen molar-refractivity contribution in [2.24, 2.45) is 0 Å². The highest BCUT2D eigenvalue weighted by Crippen LogP contribution is 2.45. The lowest BCUT2D eigenvalue weighted by atomic mass is 9.95. The molecule has 0 bridgehead atoms. The normalized spacial score (nSPS) is 25.5. The van der Waals surface area contributed by atoms with Gasteiger partial charge in [0, 0.05) is 16.0 Å². The first-order valence-electron chi connectivity index (χ1n) is 13.6. The number of hydrogen-bond acceptors (Lipinski definition) is 8. The Bertz CT molecular complexity index is 1680. The summed E-state index contributed by atoms with van der Waals surface area (Å²) < 4.78 is 68.3. The summed E-state index contributed by atoms with van der Waals surface area (Å²) in [6.07, 6.45) is -3.25. The van der Waals surface area contributed by atoms with E-state index in [0.717, 1.165) is 17.7 Å². The van der Waals surface area contributed by atoms with E-state index in [9.17, 15) is 23.1 Å². The lowest BCUT2D eigenvalue weighted by molar-refractivity contribution is -0.312. The molecule has 2 unspecified atom stereocenters. The molecular formula is C30H24Cl2F3N3O6S. The molecule has 236 valence electrons. The van der Waals surface area contributed by atoms with Crippen molar-refractivity contribution in [2.75, 3.05) is 6.61 Å². The van der Waals surface area contributed by atoms with Crippen LogP contribution in [0.5, 0.6) is 0 Å². The molecule has 3 aromatic carbocycles. The third-order valence-corrected chi connectivity index (χ3v) is 9.21. The second-order valence-corrected chi connectivity index (χ2v) is 12.3. The van der Waals surface area contributed by atoms with E-state index in [1.165, 1.54) is 29.6 Å². The van der Waals surface area contributed by atoms with Gasteiger partial charge in [-0.1, -0.05) is 70.5 Å². The molecule has 1 N–H and O–H groups in total. The average molecular weight is 683 g/mol. The van der Waals surface area contributed by atoms with Gasteiger partial charge in [-0.3, -0.25) is 0 Å². The molecule has 0 spiro atoms. The molecule has 0 amide bonds. The zero-order valence-corrected chi connectivity index (χ0v) is 25.6. The highest BCUT2D eigenvalue weighted by atomic mass is 35.5. The number of carbonyl (C=O) groups is 1. The molecule has 45 heavy (non-hydrogen) atoms. The smallest absolute Gasteiger partial charge is 0.332 e. The predicted octanol–water partition coefficient (Wildman–Crippen LogP) is 6.70. The number of aromatic nitrogens is 3. The molecule has 0 aliphatic carbocycles. The third kappa shape index (κ3) is 6.70. The van der Waals surface area contributed by atoms with Crippen LogP contribution in [0.2, 0.25) is 10.0 Å². The number of benzene rings is 3. The van der Waals surface area contributed by atoms with E-state index in [1.54, 1.807) is 18.2 Å². The van der Waals surface area contributed by atoms with Gasteiger partial charge >= 0.3 is 5.97 Å². The van der Waals surface area contributed by atoms with Crippen molar-refractivity contribution in [1.82, 2.24) is 15.0 Å². The van der Waals surface area contributed by atoms with Gasteiger partial charge in [0.2, 0.25) is 0 Å². The molecule has 15 heteroatoms. The lowest BCUT2D eigenvalue weighted by Crippen LogP contribution is -2.60. The van der Waals surface area contributed by atoms with Gasteiger partial charge in [0.1, 0.15) is 35.5 Å². The van der Waals surface area contributed by atoms with E-state index in [0.29, 0.717) is 14.9 Å². The maximum Gasteiger partial charge on any atom is 0.332 e. The average Bonchev–Trinajstić information content (AvgIpc) is 3.51. The summed E-state index contributed by atoms with van der Waals surface area (Å²) in [5, 5.41) is 18.7.